The Labute approximate surface area is 131 Å². The van der Waals surface area contributed by atoms with Gasteiger partial charge in [-0.05, 0) is 31.0 Å². The molecule has 0 radical (unpaired) electrons. The highest BCUT2D eigenvalue weighted by atomic mass is 35.5. The standard InChI is InChI=1S/C16H23ClN2O2/c1-12(20)13-2-3-16(15(17)10-13)19-5-4-14(11-19)18-6-8-21-9-7-18/h2-3,10,12,14,20H,4-9,11H2,1H3/t12-,14?/m0/s1. The van der Waals surface area contributed by atoms with Crippen molar-refractivity contribution >= 4 is 17.3 Å². The van der Waals surface area contributed by atoms with E-state index in [9.17, 15) is 5.11 Å². The van der Waals surface area contributed by atoms with Gasteiger partial charge in [-0.2, -0.15) is 0 Å². The molecule has 0 bridgehead atoms. The first-order valence-electron chi connectivity index (χ1n) is 7.69. The molecule has 3 rings (SSSR count). The average Bonchev–Trinajstić information content (AvgIpc) is 2.97. The predicted molar refractivity (Wildman–Crippen MR) is 85.1 cm³/mol. The first kappa shape index (κ1) is 15.1. The summed E-state index contributed by atoms with van der Waals surface area (Å²) in [5, 5.41) is 10.4. The molecule has 1 aromatic carbocycles. The van der Waals surface area contributed by atoms with Crippen molar-refractivity contribution in [2.24, 2.45) is 0 Å². The van der Waals surface area contributed by atoms with E-state index in [1.807, 2.05) is 18.2 Å². The minimum Gasteiger partial charge on any atom is -0.389 e. The summed E-state index contributed by atoms with van der Waals surface area (Å²) < 4.78 is 5.43. The number of hydrogen-bond acceptors (Lipinski definition) is 4. The van der Waals surface area contributed by atoms with Gasteiger partial charge in [0.2, 0.25) is 0 Å². The van der Waals surface area contributed by atoms with Crippen LogP contribution in [0.5, 0.6) is 0 Å². The fraction of sp³-hybridized carbons (Fsp3) is 0.625. The molecule has 0 aliphatic carbocycles. The summed E-state index contributed by atoms with van der Waals surface area (Å²) >= 11 is 6.40. The molecule has 0 spiro atoms. The van der Waals surface area contributed by atoms with E-state index in [0.717, 1.165) is 55.7 Å². The number of hydrogen-bond donors (Lipinski definition) is 1. The largest absolute Gasteiger partial charge is 0.389 e. The molecule has 1 N–H and O–H groups in total. The Hall–Kier alpha value is -0.810. The Bertz CT molecular complexity index is 489. The molecule has 1 unspecified atom stereocenters. The van der Waals surface area contributed by atoms with Crippen molar-refractivity contribution in [3.05, 3.63) is 28.8 Å². The van der Waals surface area contributed by atoms with Gasteiger partial charge in [-0.1, -0.05) is 17.7 Å². The van der Waals surface area contributed by atoms with Crippen LogP contribution in [0.4, 0.5) is 5.69 Å². The van der Waals surface area contributed by atoms with Gasteiger partial charge >= 0.3 is 0 Å². The number of benzene rings is 1. The molecule has 2 aliphatic rings. The Balaban J connectivity index is 1.68. The number of ether oxygens (including phenoxy) is 1. The number of aliphatic hydroxyl groups excluding tert-OH is 1. The zero-order valence-electron chi connectivity index (χ0n) is 12.5. The molecule has 1 aromatic rings. The van der Waals surface area contributed by atoms with Crippen molar-refractivity contribution in [3.8, 4) is 0 Å². The van der Waals surface area contributed by atoms with Gasteiger partial charge in [0.05, 0.1) is 30.0 Å². The zero-order chi connectivity index (χ0) is 14.8. The Morgan fingerprint density at radius 2 is 2.05 bits per heavy atom. The van der Waals surface area contributed by atoms with Crippen LogP contribution in [0.15, 0.2) is 18.2 Å². The van der Waals surface area contributed by atoms with E-state index in [4.69, 9.17) is 16.3 Å². The Morgan fingerprint density at radius 1 is 1.29 bits per heavy atom. The number of rotatable bonds is 3. The monoisotopic (exact) mass is 310 g/mol. The summed E-state index contributed by atoms with van der Waals surface area (Å²) in [4.78, 5) is 4.88. The smallest absolute Gasteiger partial charge is 0.0762 e. The van der Waals surface area contributed by atoms with Crippen molar-refractivity contribution in [1.82, 2.24) is 4.90 Å². The summed E-state index contributed by atoms with van der Waals surface area (Å²) in [6.45, 7) is 7.58. The van der Waals surface area contributed by atoms with E-state index in [1.54, 1.807) is 6.92 Å². The topological polar surface area (TPSA) is 35.9 Å². The van der Waals surface area contributed by atoms with Gasteiger partial charge in [-0.3, -0.25) is 4.90 Å². The van der Waals surface area contributed by atoms with E-state index in [0.29, 0.717) is 6.04 Å². The molecule has 2 atom stereocenters. The second-order valence-electron chi connectivity index (χ2n) is 5.92. The number of anilines is 1. The molecule has 0 saturated carbocycles. The quantitative estimate of drug-likeness (QED) is 0.929. The molecule has 0 amide bonds. The van der Waals surface area contributed by atoms with Crippen LogP contribution in [0.3, 0.4) is 0 Å². The van der Waals surface area contributed by atoms with E-state index in [-0.39, 0.29) is 0 Å². The highest BCUT2D eigenvalue weighted by Crippen LogP contribution is 2.32. The van der Waals surface area contributed by atoms with Crippen molar-refractivity contribution in [2.75, 3.05) is 44.3 Å². The molecule has 4 nitrogen and oxygen atoms in total. The molecule has 0 aromatic heterocycles. The molecule has 2 aliphatic heterocycles. The van der Waals surface area contributed by atoms with Crippen LogP contribution in [0.1, 0.15) is 25.0 Å². The number of morpholine rings is 1. The first-order chi connectivity index (χ1) is 10.1. The second kappa shape index (κ2) is 6.53. The van der Waals surface area contributed by atoms with Gasteiger partial charge in [0.25, 0.3) is 0 Å². The van der Waals surface area contributed by atoms with Crippen LogP contribution < -0.4 is 4.90 Å². The molecular formula is C16H23ClN2O2. The van der Waals surface area contributed by atoms with E-state index < -0.39 is 6.10 Å². The molecule has 5 heteroatoms. The van der Waals surface area contributed by atoms with Crippen molar-refractivity contribution in [1.29, 1.82) is 0 Å². The van der Waals surface area contributed by atoms with Crippen LogP contribution in [0.25, 0.3) is 0 Å². The van der Waals surface area contributed by atoms with Gasteiger partial charge in [0, 0.05) is 32.2 Å². The van der Waals surface area contributed by atoms with Gasteiger partial charge in [0.15, 0.2) is 0 Å². The van der Waals surface area contributed by atoms with Crippen LogP contribution in [0.2, 0.25) is 5.02 Å². The third kappa shape index (κ3) is 3.34. The number of halogens is 1. The second-order valence-corrected chi connectivity index (χ2v) is 6.33. The van der Waals surface area contributed by atoms with E-state index in [1.165, 1.54) is 6.42 Å². The molecule has 116 valence electrons. The van der Waals surface area contributed by atoms with Gasteiger partial charge in [-0.15, -0.1) is 0 Å². The van der Waals surface area contributed by atoms with E-state index >= 15 is 0 Å². The minimum atomic E-state index is -0.476. The lowest BCUT2D eigenvalue weighted by molar-refractivity contribution is 0.0209. The predicted octanol–water partition coefficient (Wildman–Crippen LogP) is 2.30. The average molecular weight is 311 g/mol. The summed E-state index contributed by atoms with van der Waals surface area (Å²) in [5.41, 5.74) is 1.95. The summed E-state index contributed by atoms with van der Waals surface area (Å²) in [7, 11) is 0. The molecular weight excluding hydrogens is 288 g/mol. The lowest BCUT2D eigenvalue weighted by Crippen LogP contribution is -2.44. The molecule has 2 saturated heterocycles. The Morgan fingerprint density at radius 3 is 2.71 bits per heavy atom. The normalized spacial score (nSPS) is 25.3. The molecule has 2 fully saturated rings. The maximum Gasteiger partial charge on any atom is 0.0762 e. The first-order valence-corrected chi connectivity index (χ1v) is 8.07. The molecule has 21 heavy (non-hydrogen) atoms. The fourth-order valence-electron chi connectivity index (χ4n) is 3.24. The van der Waals surface area contributed by atoms with Gasteiger partial charge < -0.3 is 14.7 Å². The van der Waals surface area contributed by atoms with Crippen molar-refractivity contribution in [3.63, 3.8) is 0 Å². The van der Waals surface area contributed by atoms with Crippen molar-refractivity contribution in [2.45, 2.75) is 25.5 Å². The van der Waals surface area contributed by atoms with Gasteiger partial charge in [-0.25, -0.2) is 0 Å². The lowest BCUT2D eigenvalue weighted by atomic mass is 10.1. The van der Waals surface area contributed by atoms with Crippen molar-refractivity contribution < 1.29 is 9.84 Å². The highest BCUT2D eigenvalue weighted by Gasteiger charge is 2.29. The Kier molecular flexibility index (Phi) is 4.69. The van der Waals surface area contributed by atoms with Crippen LogP contribution in [0, 0.1) is 0 Å². The maximum atomic E-state index is 9.63. The zero-order valence-corrected chi connectivity index (χ0v) is 13.2. The summed E-state index contributed by atoms with van der Waals surface area (Å²) in [5.74, 6) is 0. The third-order valence-electron chi connectivity index (χ3n) is 4.52. The van der Waals surface area contributed by atoms with Crippen LogP contribution in [-0.4, -0.2) is 55.4 Å². The summed E-state index contributed by atoms with van der Waals surface area (Å²) in [6.07, 6.45) is 0.699. The molecule has 2 heterocycles. The lowest BCUT2D eigenvalue weighted by Gasteiger charge is -2.32. The SMILES string of the molecule is C[C@H](O)c1ccc(N2CCC(N3CCOCC3)C2)c(Cl)c1. The number of nitrogens with zero attached hydrogens (tertiary/aromatic N) is 2. The maximum absolute atomic E-state index is 9.63. The highest BCUT2D eigenvalue weighted by molar-refractivity contribution is 6.33. The summed E-state index contributed by atoms with van der Waals surface area (Å²) in [6, 6.07) is 6.48. The van der Waals surface area contributed by atoms with E-state index in [2.05, 4.69) is 9.80 Å². The fourth-order valence-corrected chi connectivity index (χ4v) is 3.55. The third-order valence-corrected chi connectivity index (χ3v) is 4.82. The minimum absolute atomic E-state index is 0.476. The number of aliphatic hydroxyl groups is 1. The van der Waals surface area contributed by atoms with Crippen LogP contribution >= 0.6 is 11.6 Å². The van der Waals surface area contributed by atoms with Gasteiger partial charge in [0.1, 0.15) is 0 Å². The van der Waals surface area contributed by atoms with Crippen LogP contribution in [-0.2, 0) is 4.74 Å².